The van der Waals surface area contributed by atoms with Crippen molar-refractivity contribution in [2.45, 2.75) is 26.3 Å². The second-order valence-electron chi connectivity index (χ2n) is 2.89. The first-order chi connectivity index (χ1) is 6.74. The molecule has 1 unspecified atom stereocenters. The number of aromatic amines is 1. The number of amides is 2. The molecule has 0 aliphatic heterocycles. The molecular formula is C7H14N6O. The minimum Gasteiger partial charge on any atom is -0.338 e. The number of hydrogen-bond donors (Lipinski definition) is 3. The van der Waals surface area contributed by atoms with Crippen LogP contribution in [0.1, 0.15) is 32.1 Å². The summed E-state index contributed by atoms with van der Waals surface area (Å²) in [6.45, 7) is 4.43. The molecule has 1 aromatic heterocycles. The van der Waals surface area contributed by atoms with Crippen molar-refractivity contribution in [3.05, 3.63) is 5.82 Å². The molecule has 2 amide bonds. The maximum atomic E-state index is 11.2. The summed E-state index contributed by atoms with van der Waals surface area (Å²) in [5.41, 5.74) is 0. The molecule has 1 atom stereocenters. The predicted molar refractivity (Wildman–Crippen MR) is 49.4 cm³/mol. The lowest BCUT2D eigenvalue weighted by molar-refractivity contribution is 0.237. The van der Waals surface area contributed by atoms with Gasteiger partial charge in [0.05, 0.1) is 6.04 Å². The van der Waals surface area contributed by atoms with E-state index in [1.807, 2.05) is 6.92 Å². The smallest absolute Gasteiger partial charge is 0.315 e. The molecule has 1 rings (SSSR count). The molecule has 7 heteroatoms. The highest BCUT2D eigenvalue weighted by Gasteiger charge is 2.12. The standard InChI is InChI=1S/C7H14N6O/c1-3-4-8-7(14)9-5(2)6-10-12-13-11-6/h5H,3-4H2,1-2H3,(H2,8,9,14)(H,10,11,12,13). The highest BCUT2D eigenvalue weighted by atomic mass is 16.2. The molecule has 0 spiro atoms. The third-order valence-electron chi connectivity index (χ3n) is 1.63. The predicted octanol–water partition coefficient (Wildman–Crippen LogP) is -0.0301. The Morgan fingerprint density at radius 2 is 2.43 bits per heavy atom. The topological polar surface area (TPSA) is 95.6 Å². The van der Waals surface area contributed by atoms with Crippen LogP contribution < -0.4 is 10.6 Å². The number of urea groups is 1. The summed E-state index contributed by atoms with van der Waals surface area (Å²) in [5, 5.41) is 18.6. The third kappa shape index (κ3) is 3.00. The summed E-state index contributed by atoms with van der Waals surface area (Å²) >= 11 is 0. The number of nitrogens with one attached hydrogen (secondary N) is 3. The van der Waals surface area contributed by atoms with Crippen molar-refractivity contribution in [1.29, 1.82) is 0 Å². The molecule has 78 valence electrons. The zero-order chi connectivity index (χ0) is 10.4. The van der Waals surface area contributed by atoms with E-state index in [9.17, 15) is 4.79 Å². The molecule has 7 nitrogen and oxygen atoms in total. The highest BCUT2D eigenvalue weighted by molar-refractivity contribution is 5.74. The molecule has 0 aromatic carbocycles. The first-order valence-electron chi connectivity index (χ1n) is 4.51. The van der Waals surface area contributed by atoms with E-state index < -0.39 is 0 Å². The van der Waals surface area contributed by atoms with E-state index in [-0.39, 0.29) is 12.1 Å². The number of rotatable bonds is 4. The van der Waals surface area contributed by atoms with Gasteiger partial charge in [0.15, 0.2) is 5.82 Å². The van der Waals surface area contributed by atoms with E-state index >= 15 is 0 Å². The Morgan fingerprint density at radius 3 is 3.00 bits per heavy atom. The third-order valence-corrected chi connectivity index (χ3v) is 1.63. The number of H-pyrrole nitrogens is 1. The lowest BCUT2D eigenvalue weighted by Gasteiger charge is -2.10. The molecular weight excluding hydrogens is 184 g/mol. The Bertz CT molecular complexity index is 272. The summed E-state index contributed by atoms with van der Waals surface area (Å²) < 4.78 is 0. The zero-order valence-corrected chi connectivity index (χ0v) is 8.24. The molecule has 0 bridgehead atoms. The Kier molecular flexibility index (Phi) is 3.84. The van der Waals surface area contributed by atoms with Gasteiger partial charge in [-0.3, -0.25) is 0 Å². The van der Waals surface area contributed by atoms with Crippen LogP contribution in [0.3, 0.4) is 0 Å². The van der Waals surface area contributed by atoms with Crippen molar-refractivity contribution in [3.8, 4) is 0 Å². The quantitative estimate of drug-likeness (QED) is 0.633. The monoisotopic (exact) mass is 198 g/mol. The van der Waals surface area contributed by atoms with Gasteiger partial charge in [-0.1, -0.05) is 12.1 Å². The Balaban J connectivity index is 2.33. The van der Waals surface area contributed by atoms with E-state index in [4.69, 9.17) is 0 Å². The first kappa shape index (κ1) is 10.4. The van der Waals surface area contributed by atoms with Gasteiger partial charge < -0.3 is 10.6 Å². The van der Waals surface area contributed by atoms with Crippen molar-refractivity contribution < 1.29 is 4.79 Å². The number of tetrazole rings is 1. The van der Waals surface area contributed by atoms with Crippen LogP contribution >= 0.6 is 0 Å². The minimum absolute atomic E-state index is 0.218. The molecule has 0 fully saturated rings. The van der Waals surface area contributed by atoms with Crippen molar-refractivity contribution in [2.24, 2.45) is 0 Å². The van der Waals surface area contributed by atoms with Gasteiger partial charge in [0.1, 0.15) is 0 Å². The second-order valence-corrected chi connectivity index (χ2v) is 2.89. The van der Waals surface area contributed by atoms with E-state index in [1.54, 1.807) is 6.92 Å². The van der Waals surface area contributed by atoms with Gasteiger partial charge in [-0.15, -0.1) is 10.2 Å². The number of carbonyl (C=O) groups is 1. The number of aromatic nitrogens is 4. The lowest BCUT2D eigenvalue weighted by atomic mass is 10.3. The van der Waals surface area contributed by atoms with Gasteiger partial charge in [-0.2, -0.15) is 5.21 Å². The Labute approximate surface area is 81.7 Å². The van der Waals surface area contributed by atoms with Crippen molar-refractivity contribution in [3.63, 3.8) is 0 Å². The average molecular weight is 198 g/mol. The van der Waals surface area contributed by atoms with Crippen LogP contribution in [-0.4, -0.2) is 33.2 Å². The fourth-order valence-corrected chi connectivity index (χ4v) is 0.904. The summed E-state index contributed by atoms with van der Waals surface area (Å²) in [5.74, 6) is 0.469. The minimum atomic E-state index is -0.245. The first-order valence-corrected chi connectivity index (χ1v) is 4.51. The van der Waals surface area contributed by atoms with Gasteiger partial charge in [0.25, 0.3) is 0 Å². The maximum Gasteiger partial charge on any atom is 0.315 e. The van der Waals surface area contributed by atoms with Gasteiger partial charge in [-0.05, 0) is 13.3 Å². The van der Waals surface area contributed by atoms with Gasteiger partial charge in [0.2, 0.25) is 0 Å². The molecule has 14 heavy (non-hydrogen) atoms. The lowest BCUT2D eigenvalue weighted by Crippen LogP contribution is -2.37. The summed E-state index contributed by atoms with van der Waals surface area (Å²) in [6, 6.07) is -0.463. The molecule has 0 radical (unpaired) electrons. The number of carbonyl (C=O) groups excluding carboxylic acids is 1. The average Bonchev–Trinajstić information content (AvgIpc) is 2.67. The maximum absolute atomic E-state index is 11.2. The van der Waals surface area contributed by atoms with Crippen LogP contribution in [0, 0.1) is 0 Å². The summed E-state index contributed by atoms with van der Waals surface area (Å²) in [7, 11) is 0. The van der Waals surface area contributed by atoms with E-state index in [1.165, 1.54) is 0 Å². The highest BCUT2D eigenvalue weighted by Crippen LogP contribution is 2.01. The fraction of sp³-hybridized carbons (Fsp3) is 0.714. The Morgan fingerprint density at radius 1 is 1.64 bits per heavy atom. The SMILES string of the molecule is CCCNC(=O)NC(C)c1nn[nH]n1. The molecule has 0 saturated carbocycles. The number of nitrogens with zero attached hydrogens (tertiary/aromatic N) is 3. The normalized spacial score (nSPS) is 12.1. The molecule has 0 aliphatic carbocycles. The molecule has 1 heterocycles. The largest absolute Gasteiger partial charge is 0.338 e. The second kappa shape index (κ2) is 5.15. The van der Waals surface area contributed by atoms with Gasteiger partial charge >= 0.3 is 6.03 Å². The molecule has 1 aromatic rings. The van der Waals surface area contributed by atoms with Crippen LogP contribution in [0.5, 0.6) is 0 Å². The van der Waals surface area contributed by atoms with Crippen LogP contribution in [-0.2, 0) is 0 Å². The Hall–Kier alpha value is -1.66. The van der Waals surface area contributed by atoms with Crippen LogP contribution in [0.15, 0.2) is 0 Å². The molecule has 0 saturated heterocycles. The summed E-state index contributed by atoms with van der Waals surface area (Å²) in [4.78, 5) is 11.2. The van der Waals surface area contributed by atoms with Gasteiger partial charge in [-0.25, -0.2) is 4.79 Å². The van der Waals surface area contributed by atoms with Crippen molar-refractivity contribution >= 4 is 6.03 Å². The van der Waals surface area contributed by atoms with Crippen LogP contribution in [0.4, 0.5) is 4.79 Å². The van der Waals surface area contributed by atoms with E-state index in [0.29, 0.717) is 12.4 Å². The number of hydrogen-bond acceptors (Lipinski definition) is 4. The molecule has 3 N–H and O–H groups in total. The van der Waals surface area contributed by atoms with E-state index in [2.05, 4.69) is 31.3 Å². The zero-order valence-electron chi connectivity index (χ0n) is 8.24. The molecule has 0 aliphatic rings. The van der Waals surface area contributed by atoms with Crippen LogP contribution in [0.2, 0.25) is 0 Å². The van der Waals surface area contributed by atoms with Crippen molar-refractivity contribution in [1.82, 2.24) is 31.3 Å². The van der Waals surface area contributed by atoms with Crippen molar-refractivity contribution in [2.75, 3.05) is 6.54 Å². The fourth-order valence-electron chi connectivity index (χ4n) is 0.904. The van der Waals surface area contributed by atoms with Gasteiger partial charge in [0, 0.05) is 6.54 Å². The summed E-state index contributed by atoms with van der Waals surface area (Å²) in [6.07, 6.45) is 0.907. The van der Waals surface area contributed by atoms with E-state index in [0.717, 1.165) is 6.42 Å². The van der Waals surface area contributed by atoms with Crippen LogP contribution in [0.25, 0.3) is 0 Å².